The Morgan fingerprint density at radius 2 is 1.62 bits per heavy atom. The van der Waals surface area contributed by atoms with Gasteiger partial charge in [-0.2, -0.15) is 13.2 Å². The summed E-state index contributed by atoms with van der Waals surface area (Å²) in [6.07, 6.45) is 2.79. The molecule has 4 rings (SSSR count). The van der Waals surface area contributed by atoms with Crippen LogP contribution in [0.3, 0.4) is 0 Å². The van der Waals surface area contributed by atoms with Gasteiger partial charge >= 0.3 is 6.18 Å². The number of benzene rings is 2. The van der Waals surface area contributed by atoms with E-state index in [4.69, 9.17) is 0 Å². The molecule has 2 aliphatic rings. The van der Waals surface area contributed by atoms with Gasteiger partial charge in [0, 0.05) is 5.39 Å². The molecule has 0 heterocycles. The molecule has 0 nitrogen and oxygen atoms in total. The van der Waals surface area contributed by atoms with Crippen LogP contribution in [0.1, 0.15) is 62.5 Å². The Bertz CT molecular complexity index is 808. The fourth-order valence-corrected chi connectivity index (χ4v) is 5.21. The first-order chi connectivity index (χ1) is 12.3. The van der Waals surface area contributed by atoms with E-state index in [1.165, 1.54) is 37.8 Å². The maximum absolute atomic E-state index is 14.3. The zero-order valence-electron chi connectivity index (χ0n) is 15.0. The Kier molecular flexibility index (Phi) is 4.48. The Labute approximate surface area is 151 Å². The highest BCUT2D eigenvalue weighted by molar-refractivity contribution is 5.84. The highest BCUT2D eigenvalue weighted by atomic mass is 19.4. The molecule has 4 atom stereocenters. The van der Waals surface area contributed by atoms with Crippen molar-refractivity contribution in [2.75, 3.05) is 0 Å². The zero-order chi connectivity index (χ0) is 18.5. The molecular formula is C22H24F4. The van der Waals surface area contributed by atoms with Crippen molar-refractivity contribution < 1.29 is 17.6 Å². The van der Waals surface area contributed by atoms with Crippen LogP contribution in [0.25, 0.3) is 10.8 Å². The fraction of sp³-hybridized carbons (Fsp3) is 0.545. The smallest absolute Gasteiger partial charge is 0.206 e. The first-order valence-electron chi connectivity index (χ1n) is 9.62. The highest BCUT2D eigenvalue weighted by Gasteiger charge is 2.36. The summed E-state index contributed by atoms with van der Waals surface area (Å²) in [5, 5.41) is 0.621. The molecule has 4 heteroatoms. The third-order valence-electron chi connectivity index (χ3n) is 6.63. The van der Waals surface area contributed by atoms with Gasteiger partial charge in [0.25, 0.3) is 0 Å². The monoisotopic (exact) mass is 364 g/mol. The van der Waals surface area contributed by atoms with E-state index in [-0.39, 0.29) is 5.39 Å². The summed E-state index contributed by atoms with van der Waals surface area (Å²) in [6.45, 7) is 2.34. The largest absolute Gasteiger partial charge is 0.419 e. The van der Waals surface area contributed by atoms with Gasteiger partial charge < -0.3 is 0 Å². The molecule has 0 spiro atoms. The normalized spacial score (nSPS) is 29.6. The second-order valence-corrected chi connectivity index (χ2v) is 8.35. The summed E-state index contributed by atoms with van der Waals surface area (Å²) < 4.78 is 53.0. The number of hydrogen-bond donors (Lipinski definition) is 0. The lowest BCUT2D eigenvalue weighted by Crippen LogP contribution is -2.29. The molecule has 0 radical (unpaired) electrons. The lowest BCUT2D eigenvalue weighted by atomic mass is 9.64. The van der Waals surface area contributed by atoms with E-state index < -0.39 is 17.6 Å². The van der Waals surface area contributed by atoms with Crippen molar-refractivity contribution in [1.29, 1.82) is 0 Å². The van der Waals surface area contributed by atoms with Crippen LogP contribution in [0.5, 0.6) is 0 Å². The Balaban J connectivity index is 1.60. The second kappa shape index (κ2) is 6.54. The van der Waals surface area contributed by atoms with E-state index in [0.29, 0.717) is 11.3 Å². The van der Waals surface area contributed by atoms with E-state index in [9.17, 15) is 17.6 Å². The van der Waals surface area contributed by atoms with Gasteiger partial charge in [-0.05, 0) is 72.8 Å². The van der Waals surface area contributed by atoms with Crippen molar-refractivity contribution in [1.82, 2.24) is 0 Å². The Morgan fingerprint density at radius 3 is 2.38 bits per heavy atom. The molecule has 0 aliphatic heterocycles. The molecule has 140 valence electrons. The summed E-state index contributed by atoms with van der Waals surface area (Å²) in [5.41, 5.74) is -0.0386. The summed E-state index contributed by atoms with van der Waals surface area (Å²) in [7, 11) is 0. The van der Waals surface area contributed by atoms with Crippen LogP contribution in [0.15, 0.2) is 30.3 Å². The molecule has 0 saturated heterocycles. The minimum Gasteiger partial charge on any atom is -0.206 e. The molecule has 4 unspecified atom stereocenters. The summed E-state index contributed by atoms with van der Waals surface area (Å²) in [5.74, 6) is 1.72. The Morgan fingerprint density at radius 1 is 0.885 bits per heavy atom. The Hall–Kier alpha value is -1.58. The average Bonchev–Trinajstić information content (AvgIpc) is 2.60. The molecule has 0 amide bonds. The second-order valence-electron chi connectivity index (χ2n) is 8.35. The summed E-state index contributed by atoms with van der Waals surface area (Å²) in [6, 6.07) is 7.53. The van der Waals surface area contributed by atoms with Gasteiger partial charge in [0.1, 0.15) is 5.82 Å². The van der Waals surface area contributed by atoms with Crippen molar-refractivity contribution in [2.24, 2.45) is 17.8 Å². The maximum Gasteiger partial charge on any atom is 0.419 e. The number of alkyl halides is 3. The first kappa shape index (κ1) is 17.8. The minimum atomic E-state index is -4.66. The van der Waals surface area contributed by atoms with Crippen LogP contribution in [-0.2, 0) is 6.18 Å². The van der Waals surface area contributed by atoms with Crippen LogP contribution in [0, 0.1) is 23.6 Å². The van der Waals surface area contributed by atoms with Crippen molar-refractivity contribution in [3.8, 4) is 0 Å². The molecule has 2 saturated carbocycles. The lowest BCUT2D eigenvalue weighted by molar-refractivity contribution is -0.139. The van der Waals surface area contributed by atoms with E-state index in [0.717, 1.165) is 42.2 Å². The van der Waals surface area contributed by atoms with Gasteiger partial charge in [0.05, 0.1) is 5.56 Å². The molecule has 0 N–H and O–H groups in total. The van der Waals surface area contributed by atoms with E-state index in [1.54, 1.807) is 0 Å². The van der Waals surface area contributed by atoms with Gasteiger partial charge in [0.2, 0.25) is 0 Å². The third kappa shape index (κ3) is 3.23. The zero-order valence-corrected chi connectivity index (χ0v) is 15.0. The van der Waals surface area contributed by atoms with E-state index in [1.807, 2.05) is 12.1 Å². The molecule has 0 aromatic heterocycles. The van der Waals surface area contributed by atoms with Crippen LogP contribution >= 0.6 is 0 Å². The molecular weight excluding hydrogens is 340 g/mol. The molecule has 2 aliphatic carbocycles. The average molecular weight is 364 g/mol. The molecule has 26 heavy (non-hydrogen) atoms. The van der Waals surface area contributed by atoms with Crippen molar-refractivity contribution >= 4 is 10.8 Å². The van der Waals surface area contributed by atoms with E-state index >= 15 is 0 Å². The highest BCUT2D eigenvalue weighted by Crippen LogP contribution is 2.47. The fourth-order valence-electron chi connectivity index (χ4n) is 5.21. The summed E-state index contributed by atoms with van der Waals surface area (Å²) in [4.78, 5) is 0. The first-order valence-corrected chi connectivity index (χ1v) is 9.62. The molecule has 2 aromatic rings. The predicted molar refractivity (Wildman–Crippen MR) is 95.5 cm³/mol. The van der Waals surface area contributed by atoms with Gasteiger partial charge in [-0.1, -0.05) is 37.6 Å². The van der Waals surface area contributed by atoms with Crippen LogP contribution < -0.4 is 0 Å². The quantitative estimate of drug-likeness (QED) is 0.465. The lowest BCUT2D eigenvalue weighted by Gasteiger charge is -2.41. The molecule has 2 aromatic carbocycles. The number of rotatable bonds is 1. The minimum absolute atomic E-state index is 0.0590. The summed E-state index contributed by atoms with van der Waals surface area (Å²) >= 11 is 0. The third-order valence-corrected chi connectivity index (χ3v) is 6.63. The van der Waals surface area contributed by atoms with Gasteiger partial charge in [-0.15, -0.1) is 0 Å². The number of halogens is 4. The van der Waals surface area contributed by atoms with Crippen LogP contribution in [0.4, 0.5) is 17.6 Å². The molecule has 2 fully saturated rings. The maximum atomic E-state index is 14.3. The molecule has 0 bridgehead atoms. The predicted octanol–water partition coefficient (Wildman–Crippen LogP) is 7.32. The van der Waals surface area contributed by atoms with E-state index in [2.05, 4.69) is 6.92 Å². The van der Waals surface area contributed by atoms with Gasteiger partial charge in [-0.3, -0.25) is 0 Å². The van der Waals surface area contributed by atoms with Crippen molar-refractivity contribution in [3.05, 3.63) is 47.3 Å². The standard InChI is InChI=1S/C22H24F4/c1-13-2-3-15-11-16(5-4-14(15)10-13)17-6-8-19-18(12-17)7-9-20(21(19)23)22(24,25)26/h6-9,12-16H,2-5,10-11H2,1H3. The van der Waals surface area contributed by atoms with Crippen molar-refractivity contribution in [2.45, 2.75) is 57.5 Å². The van der Waals surface area contributed by atoms with Crippen molar-refractivity contribution in [3.63, 3.8) is 0 Å². The van der Waals surface area contributed by atoms with Gasteiger partial charge in [-0.25, -0.2) is 4.39 Å². The SMILES string of the molecule is CC1CCC2CC(c3ccc4c(F)c(C(F)(F)F)ccc4c3)CCC2C1. The topological polar surface area (TPSA) is 0 Å². The number of fused-ring (bicyclic) bond motifs is 2. The van der Waals surface area contributed by atoms with Gasteiger partial charge in [0.15, 0.2) is 0 Å². The van der Waals surface area contributed by atoms with Crippen LogP contribution in [0.2, 0.25) is 0 Å². The number of hydrogen-bond acceptors (Lipinski definition) is 0. The van der Waals surface area contributed by atoms with Crippen LogP contribution in [-0.4, -0.2) is 0 Å².